The summed E-state index contributed by atoms with van der Waals surface area (Å²) in [4.78, 5) is 11.2. The van der Waals surface area contributed by atoms with Gasteiger partial charge in [-0.3, -0.25) is 10.6 Å². The minimum atomic E-state index is -1.20. The van der Waals surface area contributed by atoms with E-state index in [1.165, 1.54) is 0 Å². The van der Waals surface area contributed by atoms with Gasteiger partial charge in [0.2, 0.25) is 0 Å². The fourth-order valence-electron chi connectivity index (χ4n) is 1.34. The van der Waals surface area contributed by atoms with Crippen molar-refractivity contribution in [3.63, 3.8) is 0 Å². The van der Waals surface area contributed by atoms with Gasteiger partial charge in [0.05, 0.1) is 0 Å². The molecule has 0 fully saturated rings. The van der Waals surface area contributed by atoms with E-state index in [4.69, 9.17) is 0 Å². The lowest BCUT2D eigenvalue weighted by molar-refractivity contribution is -0.430. The van der Waals surface area contributed by atoms with Crippen molar-refractivity contribution >= 4 is 5.91 Å². The molecular formula is C8H19N2O2+. The van der Waals surface area contributed by atoms with Gasteiger partial charge in [0, 0.05) is 0 Å². The van der Waals surface area contributed by atoms with E-state index in [1.807, 2.05) is 13.8 Å². The van der Waals surface area contributed by atoms with Crippen LogP contribution in [0.3, 0.4) is 0 Å². The first-order chi connectivity index (χ1) is 5.60. The summed E-state index contributed by atoms with van der Waals surface area (Å²) in [6.07, 6.45) is 2.60. The Morgan fingerprint density at radius 3 is 2.08 bits per heavy atom. The van der Waals surface area contributed by atoms with Gasteiger partial charge in [-0.05, 0) is 12.8 Å². The summed E-state index contributed by atoms with van der Waals surface area (Å²) in [6.45, 7) is 3.88. The van der Waals surface area contributed by atoms with Gasteiger partial charge < -0.3 is 5.11 Å². The lowest BCUT2D eigenvalue weighted by Crippen LogP contribution is -2.71. The van der Waals surface area contributed by atoms with Gasteiger partial charge in [-0.15, -0.1) is 0 Å². The number of carbonyl (C=O) groups is 1. The Balaban J connectivity index is 4.26. The Hall–Kier alpha value is -0.610. The standard InChI is InChI=1S/C8H18N2O2/c1-3-5-8(12,6-4-2)7(11)10-9/h12H,3-6,9H2,1-2H3,(H,10,11)/p+1. The van der Waals surface area contributed by atoms with Crippen LogP contribution in [0.2, 0.25) is 0 Å². The monoisotopic (exact) mass is 175 g/mol. The molecule has 0 rings (SSSR count). The molecule has 72 valence electrons. The van der Waals surface area contributed by atoms with E-state index in [0.29, 0.717) is 12.8 Å². The Morgan fingerprint density at radius 1 is 1.42 bits per heavy atom. The molecule has 5 N–H and O–H groups in total. The Morgan fingerprint density at radius 2 is 1.83 bits per heavy atom. The van der Waals surface area contributed by atoms with Crippen LogP contribution < -0.4 is 11.3 Å². The smallest absolute Gasteiger partial charge is 0.296 e. The Kier molecular flexibility index (Phi) is 4.85. The molecule has 0 atom stereocenters. The number of aliphatic hydroxyl groups is 1. The van der Waals surface area contributed by atoms with Gasteiger partial charge in [-0.25, -0.2) is 5.43 Å². The summed E-state index contributed by atoms with van der Waals surface area (Å²) >= 11 is 0. The van der Waals surface area contributed by atoms with Crippen LogP contribution in [0.25, 0.3) is 0 Å². The third-order valence-corrected chi connectivity index (χ3v) is 1.91. The maximum atomic E-state index is 11.2. The molecule has 0 aromatic carbocycles. The van der Waals surface area contributed by atoms with Crippen molar-refractivity contribution in [1.29, 1.82) is 0 Å². The molecule has 0 bridgehead atoms. The van der Waals surface area contributed by atoms with E-state index < -0.39 is 5.60 Å². The molecule has 0 aliphatic heterocycles. The molecule has 4 heteroatoms. The largest absolute Gasteiger partial charge is 0.380 e. The van der Waals surface area contributed by atoms with E-state index in [1.54, 1.807) is 0 Å². The number of rotatable bonds is 5. The highest BCUT2D eigenvalue weighted by Gasteiger charge is 2.34. The highest BCUT2D eigenvalue weighted by atomic mass is 16.3. The first-order valence-electron chi connectivity index (χ1n) is 4.40. The van der Waals surface area contributed by atoms with Crippen LogP contribution in [0.1, 0.15) is 39.5 Å². The van der Waals surface area contributed by atoms with Crippen LogP contribution >= 0.6 is 0 Å². The first kappa shape index (κ1) is 11.4. The van der Waals surface area contributed by atoms with Crippen LogP contribution in [0.4, 0.5) is 0 Å². The molecule has 0 aromatic rings. The van der Waals surface area contributed by atoms with Crippen molar-refractivity contribution in [2.45, 2.75) is 45.1 Å². The number of carbonyl (C=O) groups excluding carboxylic acids is 1. The summed E-state index contributed by atoms with van der Waals surface area (Å²) in [5, 5.41) is 9.83. The third-order valence-electron chi connectivity index (χ3n) is 1.91. The quantitative estimate of drug-likeness (QED) is 0.497. The second-order valence-corrected chi connectivity index (χ2v) is 3.04. The number of nitrogens with one attached hydrogen (secondary N) is 1. The molecule has 0 aliphatic carbocycles. The third kappa shape index (κ3) is 2.79. The van der Waals surface area contributed by atoms with Crippen molar-refractivity contribution in [1.82, 2.24) is 5.43 Å². The predicted molar refractivity (Wildman–Crippen MR) is 45.8 cm³/mol. The molecule has 0 aliphatic rings. The molecule has 1 amide bonds. The fraction of sp³-hybridized carbons (Fsp3) is 0.875. The molecule has 0 heterocycles. The molecule has 0 saturated carbocycles. The second kappa shape index (κ2) is 5.11. The summed E-state index contributed by atoms with van der Waals surface area (Å²) < 4.78 is 0. The summed E-state index contributed by atoms with van der Waals surface area (Å²) in [5.41, 5.74) is 1.03. The molecule has 4 nitrogen and oxygen atoms in total. The number of amides is 1. The number of hydrogen-bond acceptors (Lipinski definition) is 2. The highest BCUT2D eigenvalue weighted by Crippen LogP contribution is 2.18. The zero-order chi connectivity index (χ0) is 9.61. The SMILES string of the molecule is CCCC(O)(CCC)C(=O)N[NH3+]. The van der Waals surface area contributed by atoms with Crippen LogP contribution in [0, 0.1) is 0 Å². The summed E-state index contributed by atoms with van der Waals surface area (Å²) in [6, 6.07) is 0. The van der Waals surface area contributed by atoms with E-state index in [0.717, 1.165) is 12.8 Å². The van der Waals surface area contributed by atoms with Crippen molar-refractivity contribution in [2.24, 2.45) is 0 Å². The van der Waals surface area contributed by atoms with Crippen molar-refractivity contribution in [3.05, 3.63) is 0 Å². The molecular weight excluding hydrogens is 156 g/mol. The van der Waals surface area contributed by atoms with Crippen LogP contribution in [0.5, 0.6) is 0 Å². The van der Waals surface area contributed by atoms with Gasteiger partial charge >= 0.3 is 0 Å². The van der Waals surface area contributed by atoms with Gasteiger partial charge in [0.1, 0.15) is 5.60 Å². The first-order valence-corrected chi connectivity index (χ1v) is 4.40. The van der Waals surface area contributed by atoms with Crippen LogP contribution in [-0.2, 0) is 4.79 Å². The Labute approximate surface area is 73.1 Å². The number of hydrogen-bond donors (Lipinski definition) is 3. The summed E-state index contributed by atoms with van der Waals surface area (Å²) in [5.74, 6) is 2.89. The lowest BCUT2D eigenvalue weighted by Gasteiger charge is -2.23. The average Bonchev–Trinajstić information content (AvgIpc) is 2.04. The van der Waals surface area contributed by atoms with Gasteiger partial charge in [-0.1, -0.05) is 26.7 Å². The molecule has 12 heavy (non-hydrogen) atoms. The van der Waals surface area contributed by atoms with Crippen molar-refractivity contribution in [2.75, 3.05) is 0 Å². The molecule has 0 saturated heterocycles. The van der Waals surface area contributed by atoms with Gasteiger partial charge in [0.15, 0.2) is 0 Å². The van der Waals surface area contributed by atoms with Gasteiger partial charge in [0.25, 0.3) is 5.91 Å². The maximum absolute atomic E-state index is 11.2. The van der Waals surface area contributed by atoms with Gasteiger partial charge in [-0.2, -0.15) is 0 Å². The average molecular weight is 175 g/mol. The van der Waals surface area contributed by atoms with Crippen LogP contribution in [0.15, 0.2) is 0 Å². The van der Waals surface area contributed by atoms with Crippen molar-refractivity contribution in [3.8, 4) is 0 Å². The summed E-state index contributed by atoms with van der Waals surface area (Å²) in [7, 11) is 0. The Bertz CT molecular complexity index is 142. The normalized spacial score (nSPS) is 11.3. The highest BCUT2D eigenvalue weighted by molar-refractivity contribution is 5.83. The maximum Gasteiger partial charge on any atom is 0.296 e. The van der Waals surface area contributed by atoms with Crippen molar-refractivity contribution < 1.29 is 15.7 Å². The molecule has 0 unspecified atom stereocenters. The van der Waals surface area contributed by atoms with Crippen LogP contribution in [-0.4, -0.2) is 16.6 Å². The molecule has 0 aromatic heterocycles. The zero-order valence-corrected chi connectivity index (χ0v) is 7.89. The zero-order valence-electron chi connectivity index (χ0n) is 7.89. The predicted octanol–water partition coefficient (Wildman–Crippen LogP) is -0.409. The minimum Gasteiger partial charge on any atom is -0.380 e. The topological polar surface area (TPSA) is 77.0 Å². The second-order valence-electron chi connectivity index (χ2n) is 3.04. The number of quaternary nitrogens is 1. The molecule has 0 radical (unpaired) electrons. The van der Waals surface area contributed by atoms with E-state index >= 15 is 0 Å². The lowest BCUT2D eigenvalue weighted by atomic mass is 9.92. The molecule has 0 spiro atoms. The van der Waals surface area contributed by atoms with E-state index in [2.05, 4.69) is 11.3 Å². The van der Waals surface area contributed by atoms with E-state index in [-0.39, 0.29) is 5.91 Å². The fourth-order valence-corrected chi connectivity index (χ4v) is 1.34. The minimum absolute atomic E-state index is 0.369. The van der Waals surface area contributed by atoms with E-state index in [9.17, 15) is 9.90 Å².